The molecule has 1 atom stereocenters. The molecule has 32 heavy (non-hydrogen) atoms. The second-order valence-corrected chi connectivity index (χ2v) is 8.45. The normalized spacial score (nSPS) is 14.8. The van der Waals surface area contributed by atoms with Crippen LogP contribution in [-0.4, -0.2) is 61.5 Å². The molecule has 1 heterocycles. The number of halogens is 1. The van der Waals surface area contributed by atoms with Gasteiger partial charge in [0.05, 0.1) is 0 Å². The van der Waals surface area contributed by atoms with Gasteiger partial charge in [0.1, 0.15) is 6.04 Å². The predicted molar refractivity (Wildman–Crippen MR) is 124 cm³/mol. The van der Waals surface area contributed by atoms with Crippen LogP contribution in [0.25, 0.3) is 0 Å². The number of piperazine rings is 1. The number of carbonyl (C=O) groups is 3. The molecule has 0 saturated carbocycles. The molecule has 2 amide bonds. The maximum atomic E-state index is 12.6. The van der Waals surface area contributed by atoms with E-state index in [2.05, 4.69) is 10.2 Å². The molecule has 3 rings (SSSR count). The molecule has 7 nitrogen and oxygen atoms in total. The Labute approximate surface area is 193 Å². The highest BCUT2D eigenvalue weighted by Gasteiger charge is 2.28. The number of anilines is 1. The van der Waals surface area contributed by atoms with E-state index in [4.69, 9.17) is 16.3 Å². The molecule has 2 aromatic rings. The van der Waals surface area contributed by atoms with Gasteiger partial charge in [-0.3, -0.25) is 9.59 Å². The van der Waals surface area contributed by atoms with Crippen LogP contribution in [0, 0.1) is 5.92 Å². The Morgan fingerprint density at radius 1 is 0.969 bits per heavy atom. The lowest BCUT2D eigenvalue weighted by Crippen LogP contribution is -2.50. The van der Waals surface area contributed by atoms with Crippen molar-refractivity contribution in [3.8, 4) is 0 Å². The molecule has 0 aliphatic carbocycles. The number of amides is 2. The first kappa shape index (κ1) is 23.6. The fourth-order valence-corrected chi connectivity index (χ4v) is 3.62. The minimum atomic E-state index is -0.860. The zero-order valence-electron chi connectivity index (χ0n) is 18.3. The maximum absolute atomic E-state index is 12.6. The molecule has 0 aromatic heterocycles. The van der Waals surface area contributed by atoms with E-state index in [1.807, 2.05) is 30.3 Å². The molecule has 0 unspecified atom stereocenters. The second-order valence-electron chi connectivity index (χ2n) is 8.01. The second kappa shape index (κ2) is 11.0. The van der Waals surface area contributed by atoms with Crippen molar-refractivity contribution in [2.75, 3.05) is 37.7 Å². The number of ether oxygens (including phenoxy) is 1. The van der Waals surface area contributed by atoms with Gasteiger partial charge in [-0.1, -0.05) is 43.6 Å². The lowest BCUT2D eigenvalue weighted by molar-refractivity contribution is -0.154. The van der Waals surface area contributed by atoms with Crippen LogP contribution in [0.15, 0.2) is 54.6 Å². The van der Waals surface area contributed by atoms with Crippen molar-refractivity contribution in [1.82, 2.24) is 10.2 Å². The molecule has 0 radical (unpaired) electrons. The van der Waals surface area contributed by atoms with Crippen molar-refractivity contribution in [2.24, 2.45) is 5.92 Å². The maximum Gasteiger partial charge on any atom is 0.329 e. The van der Waals surface area contributed by atoms with E-state index in [-0.39, 0.29) is 18.4 Å². The predicted octanol–water partition coefficient (Wildman–Crippen LogP) is 2.99. The summed E-state index contributed by atoms with van der Waals surface area (Å²) >= 11 is 5.85. The molecule has 0 spiro atoms. The first-order valence-corrected chi connectivity index (χ1v) is 11.0. The Balaban J connectivity index is 1.49. The molecule has 0 bridgehead atoms. The summed E-state index contributed by atoms with van der Waals surface area (Å²) in [6.07, 6.45) is 0. The fourth-order valence-electron chi connectivity index (χ4n) is 3.49. The summed E-state index contributed by atoms with van der Waals surface area (Å²) in [6, 6.07) is 15.6. The molecular weight excluding hydrogens is 430 g/mol. The largest absolute Gasteiger partial charge is 0.454 e. The first-order valence-electron chi connectivity index (χ1n) is 10.7. The highest BCUT2D eigenvalue weighted by atomic mass is 35.5. The quantitative estimate of drug-likeness (QED) is 0.646. The first-order chi connectivity index (χ1) is 15.3. The van der Waals surface area contributed by atoms with Gasteiger partial charge < -0.3 is 19.9 Å². The number of nitrogens with one attached hydrogen (secondary N) is 1. The number of hydrogen-bond donors (Lipinski definition) is 1. The highest BCUT2D eigenvalue weighted by Crippen LogP contribution is 2.16. The minimum Gasteiger partial charge on any atom is -0.454 e. The molecule has 8 heteroatoms. The molecule has 1 saturated heterocycles. The van der Waals surface area contributed by atoms with Crippen LogP contribution in [0.4, 0.5) is 5.69 Å². The van der Waals surface area contributed by atoms with Gasteiger partial charge in [-0.2, -0.15) is 0 Å². The molecule has 2 aromatic carbocycles. The summed E-state index contributed by atoms with van der Waals surface area (Å²) in [5.74, 6) is -1.47. The Morgan fingerprint density at radius 3 is 2.19 bits per heavy atom. The van der Waals surface area contributed by atoms with Gasteiger partial charge in [0.25, 0.3) is 11.8 Å². The third-order valence-corrected chi connectivity index (χ3v) is 5.66. The Kier molecular flexibility index (Phi) is 8.11. The summed E-state index contributed by atoms with van der Waals surface area (Å²) in [7, 11) is 0. The van der Waals surface area contributed by atoms with Crippen LogP contribution in [0.5, 0.6) is 0 Å². The van der Waals surface area contributed by atoms with Crippen LogP contribution in [0.2, 0.25) is 5.02 Å². The standard InChI is InChI=1S/C24H28ClN3O4/c1-17(2)22(26-23(30)18-8-10-19(25)11-9-18)24(31)32-16-21(29)28-14-12-27(13-15-28)20-6-4-3-5-7-20/h3-11,17,22H,12-16H2,1-2H3,(H,26,30)/t22-/m1/s1. The summed E-state index contributed by atoms with van der Waals surface area (Å²) in [5.41, 5.74) is 1.52. The molecular formula is C24H28ClN3O4. The van der Waals surface area contributed by atoms with Crippen molar-refractivity contribution in [2.45, 2.75) is 19.9 Å². The average Bonchev–Trinajstić information content (AvgIpc) is 2.81. The van der Waals surface area contributed by atoms with Crippen LogP contribution >= 0.6 is 11.6 Å². The number of para-hydroxylation sites is 1. The van der Waals surface area contributed by atoms with Gasteiger partial charge in [-0.25, -0.2) is 4.79 Å². The van der Waals surface area contributed by atoms with Crippen LogP contribution in [0.1, 0.15) is 24.2 Å². The summed E-state index contributed by atoms with van der Waals surface area (Å²) in [6.45, 7) is 5.82. The Hall–Kier alpha value is -3.06. The molecule has 1 aliphatic heterocycles. The SMILES string of the molecule is CC(C)[C@@H](NC(=O)c1ccc(Cl)cc1)C(=O)OCC(=O)N1CCN(c2ccccc2)CC1. The van der Waals surface area contributed by atoms with E-state index in [1.54, 1.807) is 43.0 Å². The van der Waals surface area contributed by atoms with Gasteiger partial charge in [0.2, 0.25) is 0 Å². The zero-order chi connectivity index (χ0) is 23.1. The third-order valence-electron chi connectivity index (χ3n) is 5.41. The number of rotatable bonds is 7. The summed E-state index contributed by atoms with van der Waals surface area (Å²) < 4.78 is 5.27. The summed E-state index contributed by atoms with van der Waals surface area (Å²) in [5, 5.41) is 3.21. The van der Waals surface area contributed by atoms with Crippen LogP contribution < -0.4 is 10.2 Å². The van der Waals surface area contributed by atoms with Crippen molar-refractivity contribution in [3.63, 3.8) is 0 Å². The van der Waals surface area contributed by atoms with Gasteiger partial charge in [0.15, 0.2) is 6.61 Å². The molecule has 1 fully saturated rings. The van der Waals surface area contributed by atoms with E-state index in [0.29, 0.717) is 23.7 Å². The van der Waals surface area contributed by atoms with Gasteiger partial charge in [-0.15, -0.1) is 0 Å². The van der Waals surface area contributed by atoms with Crippen molar-refractivity contribution >= 4 is 35.1 Å². The van der Waals surface area contributed by atoms with Gasteiger partial charge in [-0.05, 0) is 42.3 Å². The number of carbonyl (C=O) groups excluding carboxylic acids is 3. The number of benzene rings is 2. The lowest BCUT2D eigenvalue weighted by atomic mass is 10.0. The molecule has 1 N–H and O–H groups in total. The Bertz CT molecular complexity index is 926. The van der Waals surface area contributed by atoms with Crippen molar-refractivity contribution in [1.29, 1.82) is 0 Å². The van der Waals surface area contributed by atoms with Gasteiger partial charge in [0, 0.05) is 42.5 Å². The van der Waals surface area contributed by atoms with Crippen molar-refractivity contribution < 1.29 is 19.1 Å². The van der Waals surface area contributed by atoms with Crippen LogP contribution in [-0.2, 0) is 14.3 Å². The minimum absolute atomic E-state index is 0.205. The third kappa shape index (κ3) is 6.23. The van der Waals surface area contributed by atoms with Crippen molar-refractivity contribution in [3.05, 3.63) is 65.2 Å². The molecule has 1 aliphatic rings. The topological polar surface area (TPSA) is 78.9 Å². The summed E-state index contributed by atoms with van der Waals surface area (Å²) in [4.78, 5) is 41.5. The van der Waals surface area contributed by atoms with E-state index in [1.165, 1.54) is 0 Å². The average molecular weight is 458 g/mol. The Morgan fingerprint density at radius 2 is 1.59 bits per heavy atom. The van der Waals surface area contributed by atoms with Gasteiger partial charge >= 0.3 is 5.97 Å². The monoisotopic (exact) mass is 457 g/mol. The van der Waals surface area contributed by atoms with E-state index in [9.17, 15) is 14.4 Å². The van der Waals surface area contributed by atoms with E-state index < -0.39 is 17.9 Å². The van der Waals surface area contributed by atoms with E-state index in [0.717, 1.165) is 18.8 Å². The smallest absolute Gasteiger partial charge is 0.329 e. The number of nitrogens with zero attached hydrogens (tertiary/aromatic N) is 2. The number of esters is 1. The van der Waals surface area contributed by atoms with Crippen LogP contribution in [0.3, 0.4) is 0 Å². The van der Waals surface area contributed by atoms with E-state index >= 15 is 0 Å². The molecule has 170 valence electrons. The zero-order valence-corrected chi connectivity index (χ0v) is 19.0. The lowest BCUT2D eigenvalue weighted by Gasteiger charge is -2.36. The number of hydrogen-bond acceptors (Lipinski definition) is 5. The highest BCUT2D eigenvalue weighted by molar-refractivity contribution is 6.30. The fraction of sp³-hybridized carbons (Fsp3) is 0.375.